The fourth-order valence-corrected chi connectivity index (χ4v) is 4.21. The van der Waals surface area contributed by atoms with E-state index >= 15 is 0 Å². The van der Waals surface area contributed by atoms with Crippen molar-refractivity contribution in [3.63, 3.8) is 0 Å². The molecule has 184 valence electrons. The Morgan fingerprint density at radius 3 is 2.89 bits per heavy atom. The fraction of sp³-hybridized carbons (Fsp3) is 0.222. The molecular weight excluding hydrogens is 456 g/mol. The SMILES string of the molecule is C=CC(=O)Nc1cccc(C2=CC3=CC=NCC3=CN2Nc2ccc(N3CCOCC3)nc2OC)c1. The average Bonchev–Trinajstić information content (AvgIpc) is 2.93. The lowest BCUT2D eigenvalue weighted by molar-refractivity contribution is -0.111. The highest BCUT2D eigenvalue weighted by atomic mass is 16.5. The lowest BCUT2D eigenvalue weighted by Gasteiger charge is -2.32. The number of ether oxygens (including phenoxy) is 2. The third-order valence-corrected chi connectivity index (χ3v) is 6.05. The zero-order chi connectivity index (χ0) is 24.9. The molecule has 0 unspecified atom stereocenters. The van der Waals surface area contributed by atoms with Crippen molar-refractivity contribution in [2.75, 3.05) is 55.6 Å². The number of anilines is 3. The molecule has 1 aromatic carbocycles. The number of dihydropyridines is 1. The Bertz CT molecular complexity index is 1290. The van der Waals surface area contributed by atoms with Crippen molar-refractivity contribution in [2.24, 2.45) is 4.99 Å². The number of nitrogens with zero attached hydrogens (tertiary/aromatic N) is 4. The van der Waals surface area contributed by atoms with Crippen LogP contribution in [0.15, 0.2) is 83.5 Å². The molecule has 0 spiro atoms. The van der Waals surface area contributed by atoms with Crippen molar-refractivity contribution >= 4 is 35.0 Å². The van der Waals surface area contributed by atoms with Crippen molar-refractivity contribution in [2.45, 2.75) is 0 Å². The van der Waals surface area contributed by atoms with Gasteiger partial charge in [-0.2, -0.15) is 4.98 Å². The first kappa shape index (κ1) is 23.4. The molecule has 0 radical (unpaired) electrons. The first-order valence-electron chi connectivity index (χ1n) is 11.7. The second-order valence-corrected chi connectivity index (χ2v) is 8.38. The van der Waals surface area contributed by atoms with Crippen LogP contribution in [0.5, 0.6) is 5.88 Å². The molecule has 3 aliphatic rings. The Morgan fingerprint density at radius 1 is 1.22 bits per heavy atom. The molecule has 5 rings (SSSR count). The van der Waals surface area contributed by atoms with Crippen LogP contribution in [0.1, 0.15) is 5.56 Å². The highest BCUT2D eigenvalue weighted by Crippen LogP contribution is 2.34. The maximum Gasteiger partial charge on any atom is 0.247 e. The molecule has 1 fully saturated rings. The largest absolute Gasteiger partial charge is 0.479 e. The van der Waals surface area contributed by atoms with E-state index in [-0.39, 0.29) is 5.91 Å². The van der Waals surface area contributed by atoms with Gasteiger partial charge in [-0.05, 0) is 53.6 Å². The summed E-state index contributed by atoms with van der Waals surface area (Å²) in [6.45, 7) is 7.08. The second kappa shape index (κ2) is 10.5. The molecule has 0 atom stereocenters. The van der Waals surface area contributed by atoms with Crippen molar-refractivity contribution < 1.29 is 14.3 Å². The number of benzene rings is 1. The minimum Gasteiger partial charge on any atom is -0.479 e. The van der Waals surface area contributed by atoms with Crippen LogP contribution in [0, 0.1) is 0 Å². The number of hydrogen-bond acceptors (Lipinski definition) is 8. The number of hydrogen-bond donors (Lipinski definition) is 2. The summed E-state index contributed by atoms with van der Waals surface area (Å²) >= 11 is 0. The molecule has 1 aromatic heterocycles. The summed E-state index contributed by atoms with van der Waals surface area (Å²) in [6, 6.07) is 11.6. The molecule has 2 aromatic rings. The number of aliphatic imine (C=N–C) groups is 1. The number of carbonyl (C=O) groups is 1. The van der Waals surface area contributed by atoms with E-state index < -0.39 is 0 Å². The molecular formula is C27H28N6O3. The Labute approximate surface area is 210 Å². The van der Waals surface area contributed by atoms with Crippen molar-refractivity contribution in [3.8, 4) is 5.88 Å². The summed E-state index contributed by atoms with van der Waals surface area (Å²) in [7, 11) is 1.62. The number of rotatable bonds is 7. The number of carbonyl (C=O) groups excluding carboxylic acids is 1. The number of allylic oxidation sites excluding steroid dienone is 2. The molecule has 0 bridgehead atoms. The number of aromatic nitrogens is 1. The molecule has 2 N–H and O–H groups in total. The van der Waals surface area contributed by atoms with E-state index in [1.807, 2.05) is 59.9 Å². The zero-order valence-electron chi connectivity index (χ0n) is 20.1. The topological polar surface area (TPSA) is 91.3 Å². The third kappa shape index (κ3) is 5.01. The number of hydrazine groups is 1. The van der Waals surface area contributed by atoms with Crippen molar-refractivity contribution in [1.29, 1.82) is 0 Å². The smallest absolute Gasteiger partial charge is 0.247 e. The molecule has 0 saturated carbocycles. The Morgan fingerprint density at radius 2 is 2.08 bits per heavy atom. The van der Waals surface area contributed by atoms with Gasteiger partial charge in [0, 0.05) is 36.8 Å². The van der Waals surface area contributed by atoms with Crippen LogP contribution in [0.2, 0.25) is 0 Å². The normalized spacial score (nSPS) is 16.9. The van der Waals surface area contributed by atoms with E-state index in [1.54, 1.807) is 7.11 Å². The van der Waals surface area contributed by atoms with Gasteiger partial charge in [-0.15, -0.1) is 0 Å². The van der Waals surface area contributed by atoms with Crippen LogP contribution in [0.25, 0.3) is 5.70 Å². The molecule has 1 amide bonds. The number of fused-ring (bicyclic) bond motifs is 1. The number of morpholine rings is 1. The molecule has 0 aliphatic carbocycles. The van der Waals surface area contributed by atoms with Gasteiger partial charge in [-0.3, -0.25) is 20.2 Å². The maximum absolute atomic E-state index is 11.8. The summed E-state index contributed by atoms with van der Waals surface area (Å²) < 4.78 is 11.1. The quantitative estimate of drug-likeness (QED) is 0.580. The molecule has 1 saturated heterocycles. The van der Waals surface area contributed by atoms with E-state index in [4.69, 9.17) is 14.5 Å². The maximum atomic E-state index is 11.8. The second-order valence-electron chi connectivity index (χ2n) is 8.38. The minimum atomic E-state index is -0.260. The molecule has 36 heavy (non-hydrogen) atoms. The van der Waals surface area contributed by atoms with Crippen LogP contribution in [0.3, 0.4) is 0 Å². The predicted molar refractivity (Wildman–Crippen MR) is 142 cm³/mol. The van der Waals surface area contributed by atoms with Crippen LogP contribution in [-0.4, -0.2) is 62.1 Å². The first-order valence-corrected chi connectivity index (χ1v) is 11.7. The third-order valence-electron chi connectivity index (χ3n) is 6.05. The van der Waals surface area contributed by atoms with E-state index in [0.717, 1.165) is 47.0 Å². The Kier molecular flexibility index (Phi) is 6.81. The van der Waals surface area contributed by atoms with Crippen molar-refractivity contribution in [1.82, 2.24) is 9.99 Å². The number of methoxy groups -OCH3 is 1. The van der Waals surface area contributed by atoms with Gasteiger partial charge < -0.3 is 19.7 Å². The van der Waals surface area contributed by atoms with Crippen LogP contribution < -0.4 is 20.4 Å². The average molecular weight is 485 g/mol. The van der Waals surface area contributed by atoms with Gasteiger partial charge in [-0.25, -0.2) is 0 Å². The predicted octanol–water partition coefficient (Wildman–Crippen LogP) is 3.63. The number of nitrogens with one attached hydrogen (secondary N) is 2. The van der Waals surface area contributed by atoms with Gasteiger partial charge in [-0.1, -0.05) is 18.7 Å². The Hall–Kier alpha value is -4.37. The lowest BCUT2D eigenvalue weighted by atomic mass is 9.98. The highest BCUT2D eigenvalue weighted by Gasteiger charge is 2.22. The summed E-state index contributed by atoms with van der Waals surface area (Å²) in [6.07, 6.45) is 9.20. The van der Waals surface area contributed by atoms with Gasteiger partial charge >= 0.3 is 0 Å². The van der Waals surface area contributed by atoms with E-state index in [2.05, 4.69) is 33.3 Å². The summed E-state index contributed by atoms with van der Waals surface area (Å²) in [5, 5.41) is 4.77. The highest BCUT2D eigenvalue weighted by molar-refractivity contribution is 5.99. The number of pyridine rings is 1. The zero-order valence-corrected chi connectivity index (χ0v) is 20.1. The lowest BCUT2D eigenvalue weighted by Crippen LogP contribution is -2.36. The van der Waals surface area contributed by atoms with Crippen LogP contribution in [0.4, 0.5) is 17.2 Å². The van der Waals surface area contributed by atoms with E-state index in [9.17, 15) is 4.79 Å². The van der Waals surface area contributed by atoms with Gasteiger partial charge in [0.2, 0.25) is 11.8 Å². The fourth-order valence-electron chi connectivity index (χ4n) is 4.21. The summed E-state index contributed by atoms with van der Waals surface area (Å²) in [5.41, 5.74) is 8.85. The van der Waals surface area contributed by atoms with E-state index in [0.29, 0.717) is 31.3 Å². The van der Waals surface area contributed by atoms with Gasteiger partial charge in [0.05, 0.1) is 32.6 Å². The standard InChI is InChI=1S/C27H28N6O3/c1-3-26(34)29-22-6-4-5-20(15-22)24-16-19-9-10-28-17-21(19)18-33(24)31-23-7-8-25(30-27(23)35-2)32-11-13-36-14-12-32/h3-10,15-16,18,31H,1,11-14,17H2,2H3,(H,29,34). The van der Waals surface area contributed by atoms with Crippen molar-refractivity contribution in [3.05, 3.63) is 84.1 Å². The minimum absolute atomic E-state index is 0.260. The molecule has 3 aliphatic heterocycles. The molecule has 4 heterocycles. The molecule has 9 heteroatoms. The van der Waals surface area contributed by atoms with Crippen LogP contribution >= 0.6 is 0 Å². The monoisotopic (exact) mass is 484 g/mol. The molecule has 9 nitrogen and oxygen atoms in total. The first-order chi connectivity index (χ1) is 17.6. The van der Waals surface area contributed by atoms with Gasteiger partial charge in [0.15, 0.2) is 0 Å². The number of amides is 1. The summed E-state index contributed by atoms with van der Waals surface area (Å²) in [5.74, 6) is 1.09. The van der Waals surface area contributed by atoms with E-state index in [1.165, 1.54) is 6.08 Å². The van der Waals surface area contributed by atoms with Gasteiger partial charge in [0.25, 0.3) is 0 Å². The van der Waals surface area contributed by atoms with Crippen LogP contribution in [-0.2, 0) is 9.53 Å². The summed E-state index contributed by atoms with van der Waals surface area (Å²) in [4.78, 5) is 23.2. The van der Waals surface area contributed by atoms with Gasteiger partial charge in [0.1, 0.15) is 11.5 Å². The Balaban J connectivity index is 1.47.